The minimum absolute atomic E-state index is 0.196. The SMILES string of the molecule is Cc1c2ccc(N(C)c3ccnc(Nc4ccc(C(=O)NCCCCC(=O)NO)cc4)n3)cc2nn1C. The number of unbranched alkanes of at least 4 members (excludes halogenated alkanes) is 1. The molecule has 0 saturated heterocycles. The van der Waals surface area contributed by atoms with Crippen LogP contribution >= 0.6 is 0 Å². The molecule has 0 atom stereocenters. The molecule has 2 amide bonds. The Morgan fingerprint density at radius 1 is 1.08 bits per heavy atom. The Morgan fingerprint density at radius 2 is 1.86 bits per heavy atom. The Hall–Kier alpha value is -4.51. The minimum Gasteiger partial charge on any atom is -0.352 e. The summed E-state index contributed by atoms with van der Waals surface area (Å²) in [4.78, 5) is 34.3. The van der Waals surface area contributed by atoms with E-state index in [4.69, 9.17) is 5.21 Å². The van der Waals surface area contributed by atoms with Gasteiger partial charge in [-0.05, 0) is 68.3 Å². The average molecular weight is 503 g/mol. The molecular formula is C26H30N8O3. The highest BCUT2D eigenvalue weighted by Gasteiger charge is 2.12. The van der Waals surface area contributed by atoms with Gasteiger partial charge in [0.1, 0.15) is 5.82 Å². The third-order valence-corrected chi connectivity index (χ3v) is 6.13. The van der Waals surface area contributed by atoms with Crippen molar-refractivity contribution in [1.29, 1.82) is 0 Å². The third-order valence-electron chi connectivity index (χ3n) is 6.13. The van der Waals surface area contributed by atoms with Crippen LogP contribution in [0.3, 0.4) is 0 Å². The van der Waals surface area contributed by atoms with Gasteiger partial charge in [0.05, 0.1) is 5.52 Å². The molecule has 0 bridgehead atoms. The van der Waals surface area contributed by atoms with Crippen LogP contribution in [0.5, 0.6) is 0 Å². The van der Waals surface area contributed by atoms with E-state index in [0.29, 0.717) is 30.9 Å². The van der Waals surface area contributed by atoms with Crippen LogP contribution in [0.25, 0.3) is 10.9 Å². The number of anilines is 4. The summed E-state index contributed by atoms with van der Waals surface area (Å²) < 4.78 is 1.87. The second-order valence-corrected chi connectivity index (χ2v) is 8.66. The summed E-state index contributed by atoms with van der Waals surface area (Å²) in [6, 6.07) is 15.0. The molecule has 0 aliphatic heterocycles. The smallest absolute Gasteiger partial charge is 0.251 e. The Morgan fingerprint density at radius 3 is 2.62 bits per heavy atom. The number of nitrogens with one attached hydrogen (secondary N) is 3. The zero-order valence-corrected chi connectivity index (χ0v) is 21.0. The summed E-state index contributed by atoms with van der Waals surface area (Å²) in [5, 5.41) is 20.2. The Balaban J connectivity index is 1.36. The molecule has 4 rings (SSSR count). The molecule has 4 N–H and O–H groups in total. The van der Waals surface area contributed by atoms with Gasteiger partial charge in [-0.15, -0.1) is 0 Å². The first-order chi connectivity index (χ1) is 17.9. The first kappa shape index (κ1) is 25.6. The normalized spacial score (nSPS) is 10.8. The fraction of sp³-hybridized carbons (Fsp3) is 0.269. The number of carbonyl (C=O) groups excluding carboxylic acids is 2. The van der Waals surface area contributed by atoms with Gasteiger partial charge in [0, 0.05) is 61.3 Å². The fourth-order valence-corrected chi connectivity index (χ4v) is 3.86. The van der Waals surface area contributed by atoms with Crippen LogP contribution in [-0.2, 0) is 11.8 Å². The maximum absolute atomic E-state index is 12.3. The molecule has 11 nitrogen and oxygen atoms in total. The van der Waals surface area contributed by atoms with Crippen molar-refractivity contribution in [3.05, 3.63) is 66.0 Å². The quantitative estimate of drug-likeness (QED) is 0.147. The number of aromatic nitrogens is 4. The van der Waals surface area contributed by atoms with Crippen LogP contribution in [0.15, 0.2) is 54.7 Å². The molecule has 2 aromatic heterocycles. The van der Waals surface area contributed by atoms with Crippen molar-refractivity contribution < 1.29 is 14.8 Å². The van der Waals surface area contributed by atoms with Gasteiger partial charge in [0.2, 0.25) is 11.9 Å². The van der Waals surface area contributed by atoms with Crippen molar-refractivity contribution >= 4 is 45.9 Å². The van der Waals surface area contributed by atoms with Crippen LogP contribution in [-0.4, -0.2) is 50.4 Å². The van der Waals surface area contributed by atoms with E-state index in [2.05, 4.69) is 31.8 Å². The standard InChI is InChI=1S/C26H30N8O3/c1-17-21-12-11-20(16-22(21)31-34(17)3)33(2)23-13-15-28-26(30-23)29-19-9-7-18(8-10-19)25(36)27-14-5-4-6-24(35)32-37/h7-13,15-16,37H,4-6,14H2,1-3H3,(H,27,36)(H,32,35)(H,28,29,30). The van der Waals surface area contributed by atoms with Crippen LogP contribution in [0.1, 0.15) is 35.3 Å². The second kappa shape index (κ2) is 11.5. The number of fused-ring (bicyclic) bond motifs is 1. The molecule has 0 radical (unpaired) electrons. The largest absolute Gasteiger partial charge is 0.352 e. The van der Waals surface area contributed by atoms with Crippen LogP contribution in [0.2, 0.25) is 0 Å². The highest BCUT2D eigenvalue weighted by molar-refractivity contribution is 5.94. The monoisotopic (exact) mass is 502 g/mol. The van der Waals surface area contributed by atoms with Crippen molar-refractivity contribution in [2.45, 2.75) is 26.2 Å². The highest BCUT2D eigenvalue weighted by Crippen LogP contribution is 2.27. The second-order valence-electron chi connectivity index (χ2n) is 8.66. The number of aryl methyl sites for hydroxylation is 2. The number of hydrogen-bond donors (Lipinski definition) is 4. The van der Waals surface area contributed by atoms with Crippen molar-refractivity contribution in [3.63, 3.8) is 0 Å². The number of benzene rings is 2. The first-order valence-corrected chi connectivity index (χ1v) is 11.9. The summed E-state index contributed by atoms with van der Waals surface area (Å²) in [6.45, 7) is 2.49. The third kappa shape index (κ3) is 6.19. The fourth-order valence-electron chi connectivity index (χ4n) is 3.86. The van der Waals surface area contributed by atoms with E-state index in [1.54, 1.807) is 35.9 Å². The highest BCUT2D eigenvalue weighted by atomic mass is 16.5. The number of hydrogen-bond acceptors (Lipinski definition) is 8. The van der Waals surface area contributed by atoms with Gasteiger partial charge >= 0.3 is 0 Å². The van der Waals surface area contributed by atoms with Crippen molar-refractivity contribution in [3.8, 4) is 0 Å². The van der Waals surface area contributed by atoms with E-state index >= 15 is 0 Å². The lowest BCUT2D eigenvalue weighted by Gasteiger charge is -2.19. The van der Waals surface area contributed by atoms with Gasteiger partial charge in [-0.2, -0.15) is 10.1 Å². The van der Waals surface area contributed by atoms with E-state index in [9.17, 15) is 9.59 Å². The average Bonchev–Trinajstić information content (AvgIpc) is 3.20. The van der Waals surface area contributed by atoms with Gasteiger partial charge in [0.25, 0.3) is 5.91 Å². The van der Waals surface area contributed by atoms with E-state index in [1.165, 1.54) is 0 Å². The Labute approximate surface area is 214 Å². The van der Waals surface area contributed by atoms with Crippen molar-refractivity contribution in [2.24, 2.45) is 7.05 Å². The van der Waals surface area contributed by atoms with E-state index in [0.717, 1.165) is 33.8 Å². The van der Waals surface area contributed by atoms with Crippen LogP contribution in [0.4, 0.5) is 23.1 Å². The molecular weight excluding hydrogens is 472 g/mol. The van der Waals surface area contributed by atoms with Gasteiger partial charge in [-0.25, -0.2) is 10.5 Å². The first-order valence-electron chi connectivity index (χ1n) is 11.9. The molecule has 2 aromatic carbocycles. The summed E-state index contributed by atoms with van der Waals surface area (Å²) in [7, 11) is 3.88. The molecule has 0 spiro atoms. The number of nitrogens with zero attached hydrogens (tertiary/aromatic N) is 5. The number of amides is 2. The topological polar surface area (TPSA) is 137 Å². The lowest BCUT2D eigenvalue weighted by molar-refractivity contribution is -0.129. The predicted octanol–water partition coefficient (Wildman–Crippen LogP) is 3.59. The number of carbonyl (C=O) groups is 2. The number of rotatable bonds is 10. The van der Waals surface area contributed by atoms with Gasteiger partial charge in [-0.3, -0.25) is 19.5 Å². The predicted molar refractivity (Wildman–Crippen MR) is 141 cm³/mol. The summed E-state index contributed by atoms with van der Waals surface area (Å²) in [5.41, 5.74) is 5.86. The van der Waals surface area contributed by atoms with Gasteiger partial charge in [0.15, 0.2) is 0 Å². The molecule has 0 fully saturated rings. The van der Waals surface area contributed by atoms with Gasteiger partial charge in [-0.1, -0.05) is 0 Å². The molecule has 11 heteroatoms. The molecule has 2 heterocycles. The molecule has 192 valence electrons. The molecule has 0 aliphatic carbocycles. The van der Waals surface area contributed by atoms with E-state index in [1.807, 2.05) is 48.8 Å². The maximum Gasteiger partial charge on any atom is 0.251 e. The summed E-state index contributed by atoms with van der Waals surface area (Å²) in [6.07, 6.45) is 3.11. The summed E-state index contributed by atoms with van der Waals surface area (Å²) in [5.74, 6) is 0.523. The van der Waals surface area contributed by atoms with Crippen LogP contribution < -0.4 is 21.0 Å². The lowest BCUT2D eigenvalue weighted by Crippen LogP contribution is -2.25. The lowest BCUT2D eigenvalue weighted by atomic mass is 10.2. The van der Waals surface area contributed by atoms with Crippen molar-refractivity contribution in [1.82, 2.24) is 30.5 Å². The zero-order chi connectivity index (χ0) is 26.4. The van der Waals surface area contributed by atoms with E-state index < -0.39 is 5.91 Å². The van der Waals surface area contributed by atoms with Crippen molar-refractivity contribution in [2.75, 3.05) is 23.8 Å². The molecule has 0 unspecified atom stereocenters. The summed E-state index contributed by atoms with van der Waals surface area (Å²) >= 11 is 0. The zero-order valence-electron chi connectivity index (χ0n) is 21.0. The van der Waals surface area contributed by atoms with E-state index in [-0.39, 0.29) is 12.3 Å². The Bertz CT molecular complexity index is 1400. The minimum atomic E-state index is -0.434. The number of hydroxylamine groups is 1. The maximum atomic E-state index is 12.3. The Kier molecular flexibility index (Phi) is 7.94. The molecule has 0 aliphatic rings. The van der Waals surface area contributed by atoms with Crippen LogP contribution in [0, 0.1) is 6.92 Å². The molecule has 4 aromatic rings. The molecule has 37 heavy (non-hydrogen) atoms. The van der Waals surface area contributed by atoms with Gasteiger partial charge < -0.3 is 15.5 Å². The molecule has 0 saturated carbocycles.